The molecule has 1 aromatic heterocycles. The maximum absolute atomic E-state index is 12.9. The van der Waals surface area contributed by atoms with Crippen LogP contribution < -0.4 is 4.31 Å². The van der Waals surface area contributed by atoms with E-state index >= 15 is 0 Å². The van der Waals surface area contributed by atoms with Crippen molar-refractivity contribution >= 4 is 27.0 Å². The number of aliphatic hydroxyl groups is 1. The third-order valence-electron chi connectivity index (χ3n) is 3.16. The molecular weight excluding hydrogens is 306 g/mol. The molecule has 0 aliphatic rings. The minimum Gasteiger partial charge on any atom is -0.392 e. The Kier molecular flexibility index (Phi) is 4.70. The van der Waals surface area contributed by atoms with Crippen molar-refractivity contribution in [2.75, 3.05) is 10.8 Å². The quantitative estimate of drug-likeness (QED) is 0.919. The normalized spacial score (nSPS) is 13.1. The second-order valence-corrected chi connectivity index (χ2v) is 8.37. The molecule has 21 heavy (non-hydrogen) atoms. The number of benzene rings is 1. The Bertz CT molecular complexity index is 686. The molecule has 0 unspecified atom stereocenters. The van der Waals surface area contributed by atoms with Crippen LogP contribution in [0.25, 0.3) is 0 Å². The lowest BCUT2D eigenvalue weighted by atomic mass is 10.3. The second kappa shape index (κ2) is 6.17. The Balaban J connectivity index is 2.49. The molecule has 0 saturated carbocycles. The van der Waals surface area contributed by atoms with Crippen LogP contribution in [0, 0.1) is 13.8 Å². The molecule has 1 atom stereocenters. The summed E-state index contributed by atoms with van der Waals surface area (Å²) in [4.78, 5) is 0.985. The average molecular weight is 325 g/mol. The summed E-state index contributed by atoms with van der Waals surface area (Å²) in [6.07, 6.45) is -0.748. The fraction of sp³-hybridized carbons (Fsp3) is 0.333. The van der Waals surface area contributed by atoms with E-state index in [0.717, 1.165) is 10.4 Å². The van der Waals surface area contributed by atoms with Crippen LogP contribution in [-0.2, 0) is 10.0 Å². The summed E-state index contributed by atoms with van der Waals surface area (Å²) in [7, 11) is -3.66. The molecule has 0 radical (unpaired) electrons. The van der Waals surface area contributed by atoms with Crippen LogP contribution in [0.2, 0.25) is 0 Å². The predicted molar refractivity (Wildman–Crippen MR) is 86.4 cm³/mol. The summed E-state index contributed by atoms with van der Waals surface area (Å²) in [5, 5.41) is 9.65. The molecule has 0 fully saturated rings. The summed E-state index contributed by atoms with van der Waals surface area (Å²) in [6.45, 7) is 5.41. The van der Waals surface area contributed by atoms with Gasteiger partial charge < -0.3 is 5.11 Å². The second-order valence-electron chi connectivity index (χ2n) is 5.03. The van der Waals surface area contributed by atoms with E-state index in [2.05, 4.69) is 0 Å². The van der Waals surface area contributed by atoms with E-state index in [1.165, 1.54) is 15.6 Å². The van der Waals surface area contributed by atoms with Gasteiger partial charge in [-0.15, -0.1) is 11.3 Å². The Morgan fingerprint density at radius 1 is 1.24 bits per heavy atom. The van der Waals surface area contributed by atoms with Crippen molar-refractivity contribution in [1.29, 1.82) is 0 Å². The van der Waals surface area contributed by atoms with Gasteiger partial charge in [0.1, 0.15) is 4.21 Å². The van der Waals surface area contributed by atoms with Crippen LogP contribution in [0.3, 0.4) is 0 Å². The van der Waals surface area contributed by atoms with Gasteiger partial charge in [0, 0.05) is 4.88 Å². The average Bonchev–Trinajstić information content (AvgIpc) is 2.77. The third-order valence-corrected chi connectivity index (χ3v) is 6.56. The number of aryl methyl sites for hydroxylation is 2. The monoisotopic (exact) mass is 325 g/mol. The standard InChI is InChI=1S/C15H19NO3S2/c1-11-9-15(20-13(11)3)21(18,19)16(10-12(2)17)14-7-5-4-6-8-14/h4-9,12,17H,10H2,1-3H3/t12-/m0/s1. The van der Waals surface area contributed by atoms with Gasteiger partial charge in [-0.1, -0.05) is 18.2 Å². The molecule has 2 rings (SSSR count). The fourth-order valence-electron chi connectivity index (χ4n) is 1.95. The van der Waals surface area contributed by atoms with E-state index in [1.807, 2.05) is 19.9 Å². The molecule has 0 spiro atoms. The zero-order chi connectivity index (χ0) is 15.6. The summed E-state index contributed by atoms with van der Waals surface area (Å²) in [6, 6.07) is 10.5. The molecule has 0 aliphatic heterocycles. The van der Waals surface area contributed by atoms with E-state index < -0.39 is 16.1 Å². The van der Waals surface area contributed by atoms with E-state index in [0.29, 0.717) is 9.90 Å². The molecular formula is C15H19NO3S2. The number of para-hydroxylation sites is 1. The first kappa shape index (κ1) is 16.0. The molecule has 1 N–H and O–H groups in total. The van der Waals surface area contributed by atoms with E-state index in [-0.39, 0.29) is 6.54 Å². The largest absolute Gasteiger partial charge is 0.392 e. The maximum Gasteiger partial charge on any atom is 0.273 e. The number of hydrogen-bond acceptors (Lipinski definition) is 4. The van der Waals surface area contributed by atoms with Crippen molar-refractivity contribution in [2.24, 2.45) is 0 Å². The number of rotatable bonds is 5. The highest BCUT2D eigenvalue weighted by Crippen LogP contribution is 2.30. The molecule has 0 amide bonds. The van der Waals surface area contributed by atoms with Crippen molar-refractivity contribution in [3.63, 3.8) is 0 Å². The van der Waals surface area contributed by atoms with Crippen LogP contribution in [0.5, 0.6) is 0 Å². The first-order valence-corrected chi connectivity index (χ1v) is 8.91. The molecule has 2 aromatic rings. The van der Waals surface area contributed by atoms with Crippen molar-refractivity contribution in [2.45, 2.75) is 31.1 Å². The Morgan fingerprint density at radius 2 is 1.86 bits per heavy atom. The minimum absolute atomic E-state index is 0.0301. The summed E-state index contributed by atoms with van der Waals surface area (Å²) in [5.74, 6) is 0. The number of nitrogens with zero attached hydrogens (tertiary/aromatic N) is 1. The van der Waals surface area contributed by atoms with Gasteiger partial charge in [-0.05, 0) is 44.5 Å². The van der Waals surface area contributed by atoms with Crippen molar-refractivity contribution < 1.29 is 13.5 Å². The van der Waals surface area contributed by atoms with E-state index in [4.69, 9.17) is 0 Å². The highest BCUT2D eigenvalue weighted by molar-refractivity contribution is 7.94. The van der Waals surface area contributed by atoms with E-state index in [9.17, 15) is 13.5 Å². The van der Waals surface area contributed by atoms with Gasteiger partial charge in [0.15, 0.2) is 0 Å². The first-order chi connectivity index (χ1) is 9.82. The lowest BCUT2D eigenvalue weighted by Gasteiger charge is -2.25. The van der Waals surface area contributed by atoms with Gasteiger partial charge in [0.25, 0.3) is 10.0 Å². The molecule has 0 bridgehead atoms. The van der Waals surface area contributed by atoms with Crippen LogP contribution in [-0.4, -0.2) is 26.2 Å². The van der Waals surface area contributed by atoms with Gasteiger partial charge in [-0.3, -0.25) is 4.31 Å². The highest BCUT2D eigenvalue weighted by atomic mass is 32.2. The summed E-state index contributed by atoms with van der Waals surface area (Å²) >= 11 is 1.26. The van der Waals surface area contributed by atoms with Crippen molar-refractivity contribution in [3.8, 4) is 0 Å². The Labute approximate surface area is 129 Å². The Morgan fingerprint density at radius 3 is 2.33 bits per heavy atom. The minimum atomic E-state index is -3.66. The van der Waals surface area contributed by atoms with E-state index in [1.54, 1.807) is 37.3 Å². The number of aliphatic hydroxyl groups excluding tert-OH is 1. The van der Waals surface area contributed by atoms with Crippen LogP contribution in [0.4, 0.5) is 5.69 Å². The number of thiophene rings is 1. The van der Waals surface area contributed by atoms with Gasteiger partial charge >= 0.3 is 0 Å². The summed E-state index contributed by atoms with van der Waals surface area (Å²) in [5.41, 5.74) is 1.52. The first-order valence-electron chi connectivity index (χ1n) is 6.65. The predicted octanol–water partition coefficient (Wildman–Crippen LogP) is 2.94. The fourth-order valence-corrected chi connectivity index (χ4v) is 5.13. The zero-order valence-electron chi connectivity index (χ0n) is 12.3. The van der Waals surface area contributed by atoms with Gasteiger partial charge in [-0.2, -0.15) is 0 Å². The van der Waals surface area contributed by atoms with Crippen LogP contribution in [0.1, 0.15) is 17.4 Å². The highest BCUT2D eigenvalue weighted by Gasteiger charge is 2.28. The van der Waals surface area contributed by atoms with Gasteiger partial charge in [-0.25, -0.2) is 8.42 Å². The molecule has 0 aliphatic carbocycles. The van der Waals surface area contributed by atoms with Crippen molar-refractivity contribution in [1.82, 2.24) is 0 Å². The Hall–Kier alpha value is -1.37. The third kappa shape index (κ3) is 3.45. The SMILES string of the molecule is Cc1cc(S(=O)(=O)N(C[C@H](C)O)c2ccccc2)sc1C. The van der Waals surface area contributed by atoms with Gasteiger partial charge in [0.2, 0.25) is 0 Å². The smallest absolute Gasteiger partial charge is 0.273 e. The van der Waals surface area contributed by atoms with Crippen LogP contribution >= 0.6 is 11.3 Å². The summed E-state index contributed by atoms with van der Waals surface area (Å²) < 4.78 is 27.3. The molecule has 0 saturated heterocycles. The molecule has 1 aromatic carbocycles. The molecule has 114 valence electrons. The number of hydrogen-bond donors (Lipinski definition) is 1. The number of anilines is 1. The number of sulfonamides is 1. The lowest BCUT2D eigenvalue weighted by Crippen LogP contribution is -2.36. The molecule has 1 heterocycles. The maximum atomic E-state index is 12.9. The van der Waals surface area contributed by atoms with Gasteiger partial charge in [0.05, 0.1) is 18.3 Å². The zero-order valence-corrected chi connectivity index (χ0v) is 13.9. The lowest BCUT2D eigenvalue weighted by molar-refractivity contribution is 0.204. The van der Waals surface area contributed by atoms with Crippen molar-refractivity contribution in [3.05, 3.63) is 46.8 Å². The molecule has 4 nitrogen and oxygen atoms in total. The van der Waals surface area contributed by atoms with Crippen LogP contribution in [0.15, 0.2) is 40.6 Å². The molecule has 6 heteroatoms. The topological polar surface area (TPSA) is 57.6 Å².